The van der Waals surface area contributed by atoms with Crippen LogP contribution in [0.2, 0.25) is 5.02 Å². The van der Waals surface area contributed by atoms with Crippen molar-refractivity contribution in [3.05, 3.63) is 63.2 Å². The number of rotatable bonds is 16. The van der Waals surface area contributed by atoms with Gasteiger partial charge in [-0.25, -0.2) is 0 Å². The topological polar surface area (TPSA) is 79.2 Å². The minimum Gasteiger partial charge on any atom is -0.503 e. The molecule has 0 saturated heterocycles. The molecule has 0 spiro atoms. The molecule has 0 aliphatic rings. The standard InChI is InChI=1S/C29H41ClN4O2/c1-3-4-11-18-34-22(2)19-28(35)29(36)27(34)21-31-15-9-7-5-6-8-10-16-32-25-14-17-33-26-20-23(30)12-13-24(25)26/h12-14,17,19-20,31,36H,3-11,15-16,18,21H2,1-2H3,(H,32,33). The van der Waals surface area contributed by atoms with E-state index < -0.39 is 0 Å². The fourth-order valence-corrected chi connectivity index (χ4v) is 4.78. The van der Waals surface area contributed by atoms with Gasteiger partial charge in [0.1, 0.15) is 0 Å². The molecule has 0 fully saturated rings. The summed E-state index contributed by atoms with van der Waals surface area (Å²) in [6.07, 6.45) is 12.2. The Morgan fingerprint density at radius 1 is 0.972 bits per heavy atom. The Bertz CT molecular complexity index is 1160. The number of aromatic hydroxyl groups is 1. The number of anilines is 1. The highest BCUT2D eigenvalue weighted by Gasteiger charge is 2.12. The molecule has 2 aromatic heterocycles. The molecule has 1 aromatic carbocycles. The van der Waals surface area contributed by atoms with Crippen LogP contribution in [0.3, 0.4) is 0 Å². The maximum absolute atomic E-state index is 12.1. The van der Waals surface area contributed by atoms with Crippen molar-refractivity contribution in [2.24, 2.45) is 0 Å². The van der Waals surface area contributed by atoms with E-state index in [9.17, 15) is 9.90 Å². The highest BCUT2D eigenvalue weighted by Crippen LogP contribution is 2.24. The molecule has 0 aliphatic heterocycles. The van der Waals surface area contributed by atoms with Crippen molar-refractivity contribution in [3.63, 3.8) is 0 Å². The Morgan fingerprint density at radius 2 is 1.72 bits per heavy atom. The highest BCUT2D eigenvalue weighted by molar-refractivity contribution is 6.31. The maximum Gasteiger partial charge on any atom is 0.223 e. The van der Waals surface area contributed by atoms with E-state index >= 15 is 0 Å². The van der Waals surface area contributed by atoms with E-state index in [1.165, 1.54) is 31.7 Å². The summed E-state index contributed by atoms with van der Waals surface area (Å²) in [7, 11) is 0. The lowest BCUT2D eigenvalue weighted by molar-refractivity contribution is 0.434. The van der Waals surface area contributed by atoms with Gasteiger partial charge in [-0.1, -0.05) is 57.0 Å². The summed E-state index contributed by atoms with van der Waals surface area (Å²) in [5.41, 5.74) is 3.37. The number of fused-ring (bicyclic) bond motifs is 1. The fraction of sp³-hybridized carbons (Fsp3) is 0.517. The molecule has 0 radical (unpaired) electrons. The minimum absolute atomic E-state index is 0.109. The summed E-state index contributed by atoms with van der Waals surface area (Å²) in [5, 5.41) is 19.1. The number of nitrogens with zero attached hydrogens (tertiary/aromatic N) is 2. The molecule has 6 nitrogen and oxygen atoms in total. The largest absolute Gasteiger partial charge is 0.503 e. The van der Waals surface area contributed by atoms with Gasteiger partial charge >= 0.3 is 0 Å². The van der Waals surface area contributed by atoms with Crippen LogP contribution in [-0.4, -0.2) is 27.7 Å². The van der Waals surface area contributed by atoms with E-state index in [1.807, 2.05) is 37.4 Å². The number of hydrogen-bond donors (Lipinski definition) is 3. The molecule has 7 heteroatoms. The van der Waals surface area contributed by atoms with E-state index in [2.05, 4.69) is 27.1 Å². The number of hydrogen-bond acceptors (Lipinski definition) is 5. The monoisotopic (exact) mass is 512 g/mol. The van der Waals surface area contributed by atoms with Gasteiger partial charge in [0, 0.05) is 53.7 Å². The molecule has 2 heterocycles. The Hall–Kier alpha value is -2.57. The lowest BCUT2D eigenvalue weighted by Crippen LogP contribution is -2.23. The van der Waals surface area contributed by atoms with E-state index in [-0.39, 0.29) is 11.2 Å². The molecule has 0 amide bonds. The molecule has 0 saturated carbocycles. The van der Waals surface area contributed by atoms with Crippen LogP contribution in [0.1, 0.15) is 76.1 Å². The summed E-state index contributed by atoms with van der Waals surface area (Å²) >= 11 is 6.07. The van der Waals surface area contributed by atoms with E-state index in [0.717, 1.165) is 74.0 Å². The van der Waals surface area contributed by atoms with Crippen molar-refractivity contribution in [3.8, 4) is 5.75 Å². The second kappa shape index (κ2) is 14.9. The van der Waals surface area contributed by atoms with E-state index in [1.54, 1.807) is 0 Å². The second-order valence-electron chi connectivity index (χ2n) is 9.55. The Kier molecular flexibility index (Phi) is 11.6. The number of aryl methyl sites for hydroxylation is 1. The lowest BCUT2D eigenvalue weighted by Gasteiger charge is -2.18. The van der Waals surface area contributed by atoms with Crippen molar-refractivity contribution in [2.75, 3.05) is 18.4 Å². The Labute approximate surface area is 220 Å². The van der Waals surface area contributed by atoms with Crippen molar-refractivity contribution in [2.45, 2.75) is 84.7 Å². The molecule has 3 aromatic rings. The highest BCUT2D eigenvalue weighted by atomic mass is 35.5. The van der Waals surface area contributed by atoms with Gasteiger partial charge in [-0.05, 0) is 57.0 Å². The van der Waals surface area contributed by atoms with Crippen LogP contribution in [0.5, 0.6) is 5.75 Å². The molecule has 196 valence electrons. The summed E-state index contributed by atoms with van der Waals surface area (Å²) in [5.74, 6) is -0.109. The van der Waals surface area contributed by atoms with Crippen LogP contribution in [0.4, 0.5) is 5.69 Å². The first-order valence-electron chi connectivity index (χ1n) is 13.4. The number of nitrogens with one attached hydrogen (secondary N) is 2. The van der Waals surface area contributed by atoms with Crippen molar-refractivity contribution < 1.29 is 5.11 Å². The maximum atomic E-state index is 12.1. The van der Waals surface area contributed by atoms with Crippen LogP contribution in [0.25, 0.3) is 10.9 Å². The number of unbranched alkanes of at least 4 members (excludes halogenated alkanes) is 7. The SMILES string of the molecule is CCCCCn1c(C)cc(=O)c(O)c1CNCCCCCCCCNc1ccnc2cc(Cl)ccc12. The molecule has 36 heavy (non-hydrogen) atoms. The molecule has 0 bridgehead atoms. The molecular weight excluding hydrogens is 472 g/mol. The summed E-state index contributed by atoms with van der Waals surface area (Å²) in [6, 6.07) is 9.38. The number of aromatic nitrogens is 2. The van der Waals surface area contributed by atoms with Gasteiger partial charge in [0.15, 0.2) is 5.75 Å². The zero-order valence-corrected chi connectivity index (χ0v) is 22.5. The van der Waals surface area contributed by atoms with Gasteiger partial charge in [-0.2, -0.15) is 0 Å². The summed E-state index contributed by atoms with van der Waals surface area (Å²) < 4.78 is 2.09. The van der Waals surface area contributed by atoms with E-state index in [4.69, 9.17) is 11.6 Å². The summed E-state index contributed by atoms with van der Waals surface area (Å²) in [6.45, 7) is 7.32. The predicted octanol–water partition coefficient (Wildman–Crippen LogP) is 6.80. The van der Waals surface area contributed by atoms with Crippen molar-refractivity contribution >= 4 is 28.2 Å². The Balaban J connectivity index is 1.29. The summed E-state index contributed by atoms with van der Waals surface area (Å²) in [4.78, 5) is 16.5. The normalized spacial score (nSPS) is 11.3. The van der Waals surface area contributed by atoms with Gasteiger partial charge in [-0.15, -0.1) is 0 Å². The average Bonchev–Trinajstić information content (AvgIpc) is 2.86. The quantitative estimate of drug-likeness (QED) is 0.184. The first-order chi connectivity index (χ1) is 17.5. The van der Waals surface area contributed by atoms with Crippen LogP contribution < -0.4 is 16.1 Å². The van der Waals surface area contributed by atoms with Crippen LogP contribution in [-0.2, 0) is 13.1 Å². The molecule has 0 atom stereocenters. The van der Waals surface area contributed by atoms with Gasteiger partial charge in [0.25, 0.3) is 0 Å². The molecule has 0 aliphatic carbocycles. The van der Waals surface area contributed by atoms with Gasteiger partial charge in [0.2, 0.25) is 5.43 Å². The number of benzene rings is 1. The predicted molar refractivity (Wildman–Crippen MR) is 151 cm³/mol. The zero-order chi connectivity index (χ0) is 25.8. The van der Waals surface area contributed by atoms with Crippen LogP contribution in [0, 0.1) is 6.92 Å². The molecule has 3 N–H and O–H groups in total. The molecular formula is C29H41ClN4O2. The van der Waals surface area contributed by atoms with Gasteiger partial charge in [0.05, 0.1) is 11.2 Å². The third kappa shape index (κ3) is 8.24. The third-order valence-electron chi connectivity index (χ3n) is 6.68. The fourth-order valence-electron chi connectivity index (χ4n) is 4.62. The third-order valence-corrected chi connectivity index (χ3v) is 6.91. The first-order valence-corrected chi connectivity index (χ1v) is 13.8. The van der Waals surface area contributed by atoms with Crippen molar-refractivity contribution in [1.82, 2.24) is 14.9 Å². The number of halogens is 1. The Morgan fingerprint density at radius 3 is 2.50 bits per heavy atom. The second-order valence-corrected chi connectivity index (χ2v) is 9.99. The molecule has 3 rings (SSSR count). The average molecular weight is 513 g/mol. The van der Waals surface area contributed by atoms with E-state index in [0.29, 0.717) is 17.3 Å². The smallest absolute Gasteiger partial charge is 0.223 e. The van der Waals surface area contributed by atoms with Crippen LogP contribution in [0.15, 0.2) is 41.3 Å². The zero-order valence-electron chi connectivity index (χ0n) is 21.8. The van der Waals surface area contributed by atoms with Gasteiger partial charge < -0.3 is 20.3 Å². The lowest BCUT2D eigenvalue weighted by atomic mass is 10.1. The van der Waals surface area contributed by atoms with Gasteiger partial charge in [-0.3, -0.25) is 9.78 Å². The minimum atomic E-state index is -0.285. The molecule has 0 unspecified atom stereocenters. The first kappa shape index (κ1) is 28.0. The number of pyridine rings is 2. The van der Waals surface area contributed by atoms with Crippen LogP contribution >= 0.6 is 11.6 Å². The van der Waals surface area contributed by atoms with Crippen molar-refractivity contribution in [1.29, 1.82) is 0 Å².